The Kier molecular flexibility index (Phi) is 4.67. The van der Waals surface area contributed by atoms with Gasteiger partial charge >= 0.3 is 0 Å². The number of Topliss-reactive ketones (excluding diaryl/α,β-unsaturated/α-hetero) is 1. The van der Waals surface area contributed by atoms with Gasteiger partial charge in [0.15, 0.2) is 9.84 Å². The molecule has 3 heterocycles. The zero-order chi connectivity index (χ0) is 14.9. The molecule has 0 amide bonds. The van der Waals surface area contributed by atoms with Gasteiger partial charge in [-0.3, -0.25) is 4.79 Å². The van der Waals surface area contributed by atoms with Crippen LogP contribution in [0, 0.1) is 11.8 Å². The van der Waals surface area contributed by atoms with Gasteiger partial charge in [0.2, 0.25) is 0 Å². The van der Waals surface area contributed by atoms with E-state index in [1.54, 1.807) is 0 Å². The average molecular weight is 332 g/mol. The van der Waals surface area contributed by atoms with Crippen LogP contribution < -0.4 is 0 Å². The molecule has 3 saturated heterocycles. The summed E-state index contributed by atoms with van der Waals surface area (Å²) in [6.07, 6.45) is 4.89. The molecule has 3 rings (SSSR count). The number of hydrogen-bond acceptors (Lipinski definition) is 5. The molecule has 0 aromatic carbocycles. The van der Waals surface area contributed by atoms with Crippen molar-refractivity contribution in [2.75, 3.05) is 29.6 Å². The number of hydrogen-bond donors (Lipinski definition) is 0. The van der Waals surface area contributed by atoms with Gasteiger partial charge in [-0.05, 0) is 49.5 Å². The minimum Gasteiger partial charge on any atom is -0.375 e. The molecule has 2 atom stereocenters. The van der Waals surface area contributed by atoms with Crippen molar-refractivity contribution in [3.63, 3.8) is 0 Å². The first-order chi connectivity index (χ1) is 9.98. The van der Waals surface area contributed by atoms with Gasteiger partial charge in [-0.25, -0.2) is 8.42 Å². The summed E-state index contributed by atoms with van der Waals surface area (Å²) in [5.41, 5.74) is -0.0639. The monoisotopic (exact) mass is 332 g/mol. The van der Waals surface area contributed by atoms with E-state index in [1.807, 2.05) is 11.8 Å². The highest BCUT2D eigenvalue weighted by molar-refractivity contribution is 7.99. The lowest BCUT2D eigenvalue weighted by atomic mass is 9.78. The number of rotatable bonds is 3. The SMILES string of the molecule is O=C(CC1CCS(=O)(=O)C1)C1CCOC2(CCSCC2)C1. The van der Waals surface area contributed by atoms with Crippen LogP contribution >= 0.6 is 11.8 Å². The van der Waals surface area contributed by atoms with E-state index in [-0.39, 0.29) is 34.7 Å². The molecule has 0 radical (unpaired) electrons. The molecule has 0 N–H and O–H groups in total. The maximum absolute atomic E-state index is 12.5. The van der Waals surface area contributed by atoms with Crippen molar-refractivity contribution in [2.24, 2.45) is 11.8 Å². The quantitative estimate of drug-likeness (QED) is 0.792. The van der Waals surface area contributed by atoms with Crippen LogP contribution in [-0.4, -0.2) is 49.4 Å². The van der Waals surface area contributed by atoms with E-state index < -0.39 is 9.84 Å². The molecule has 0 saturated carbocycles. The van der Waals surface area contributed by atoms with Crippen LogP contribution in [0.4, 0.5) is 0 Å². The third-order valence-corrected chi connectivity index (χ3v) is 7.99. The topological polar surface area (TPSA) is 60.4 Å². The predicted octanol–water partition coefficient (Wildman–Crippen LogP) is 2.07. The summed E-state index contributed by atoms with van der Waals surface area (Å²) in [4.78, 5) is 12.5. The smallest absolute Gasteiger partial charge is 0.150 e. The summed E-state index contributed by atoms with van der Waals surface area (Å²) in [7, 11) is -2.88. The molecular formula is C15H24O4S2. The first-order valence-electron chi connectivity index (χ1n) is 7.93. The second-order valence-electron chi connectivity index (χ2n) is 6.77. The molecule has 6 heteroatoms. The first-order valence-corrected chi connectivity index (χ1v) is 10.9. The van der Waals surface area contributed by atoms with Crippen LogP contribution in [0.5, 0.6) is 0 Å². The molecule has 3 fully saturated rings. The van der Waals surface area contributed by atoms with Gasteiger partial charge < -0.3 is 4.74 Å². The summed E-state index contributed by atoms with van der Waals surface area (Å²) >= 11 is 1.97. The Balaban J connectivity index is 1.57. The molecular weight excluding hydrogens is 308 g/mol. The Morgan fingerprint density at radius 2 is 2.00 bits per heavy atom. The molecule has 120 valence electrons. The molecule has 2 unspecified atom stereocenters. The molecule has 0 bridgehead atoms. The summed E-state index contributed by atoms with van der Waals surface area (Å²) in [5.74, 6) is 3.15. The number of carbonyl (C=O) groups is 1. The van der Waals surface area contributed by atoms with Gasteiger partial charge in [0.1, 0.15) is 5.78 Å². The molecule has 4 nitrogen and oxygen atoms in total. The normalized spacial score (nSPS) is 34.9. The Hall–Kier alpha value is -0.0700. The Morgan fingerprint density at radius 3 is 2.67 bits per heavy atom. The fourth-order valence-corrected chi connectivity index (χ4v) is 6.98. The van der Waals surface area contributed by atoms with Crippen LogP contribution in [0.25, 0.3) is 0 Å². The molecule has 0 aromatic heterocycles. The van der Waals surface area contributed by atoms with E-state index in [9.17, 15) is 13.2 Å². The van der Waals surface area contributed by atoms with Gasteiger partial charge in [0.25, 0.3) is 0 Å². The minimum absolute atomic E-state index is 0.0585. The minimum atomic E-state index is -2.88. The average Bonchev–Trinajstić information content (AvgIpc) is 2.79. The fraction of sp³-hybridized carbons (Fsp3) is 0.933. The first kappa shape index (κ1) is 15.8. The zero-order valence-corrected chi connectivity index (χ0v) is 14.0. The van der Waals surface area contributed by atoms with E-state index in [0.717, 1.165) is 37.2 Å². The number of carbonyl (C=O) groups excluding carboxylic acids is 1. The van der Waals surface area contributed by atoms with Gasteiger partial charge in [-0.2, -0.15) is 11.8 Å². The third kappa shape index (κ3) is 3.82. The number of ether oxygens (including phenoxy) is 1. The molecule has 3 aliphatic rings. The van der Waals surface area contributed by atoms with Crippen molar-refractivity contribution >= 4 is 27.4 Å². The van der Waals surface area contributed by atoms with Crippen LogP contribution in [0.2, 0.25) is 0 Å². The van der Waals surface area contributed by atoms with E-state index in [1.165, 1.54) is 0 Å². The van der Waals surface area contributed by atoms with Crippen LogP contribution in [0.15, 0.2) is 0 Å². The van der Waals surface area contributed by atoms with Crippen LogP contribution in [0.3, 0.4) is 0 Å². The number of sulfone groups is 1. The van der Waals surface area contributed by atoms with Crippen molar-refractivity contribution < 1.29 is 17.9 Å². The second-order valence-corrected chi connectivity index (χ2v) is 10.2. The molecule has 0 aromatic rings. The zero-order valence-electron chi connectivity index (χ0n) is 12.4. The molecule has 21 heavy (non-hydrogen) atoms. The van der Waals surface area contributed by atoms with E-state index in [0.29, 0.717) is 19.4 Å². The van der Waals surface area contributed by atoms with Gasteiger partial charge in [-0.1, -0.05) is 0 Å². The van der Waals surface area contributed by atoms with Gasteiger partial charge in [0, 0.05) is 18.9 Å². The summed E-state index contributed by atoms with van der Waals surface area (Å²) in [5, 5.41) is 0. The maximum Gasteiger partial charge on any atom is 0.150 e. The Morgan fingerprint density at radius 1 is 1.24 bits per heavy atom. The van der Waals surface area contributed by atoms with E-state index in [4.69, 9.17) is 4.74 Å². The second kappa shape index (κ2) is 6.20. The van der Waals surface area contributed by atoms with Crippen LogP contribution in [-0.2, 0) is 19.4 Å². The highest BCUT2D eigenvalue weighted by Crippen LogP contribution is 2.40. The lowest BCUT2D eigenvalue weighted by molar-refractivity contribution is -0.139. The summed E-state index contributed by atoms with van der Waals surface area (Å²) in [6.45, 7) is 0.685. The standard InChI is InChI=1S/C15H24O4S2/c16-14(9-12-2-8-21(17,18)11-12)13-1-5-19-15(10-13)3-6-20-7-4-15/h12-13H,1-11H2. The Bertz CT molecular complexity index is 488. The van der Waals surface area contributed by atoms with E-state index >= 15 is 0 Å². The summed E-state index contributed by atoms with van der Waals surface area (Å²) < 4.78 is 29.0. The lowest BCUT2D eigenvalue weighted by Gasteiger charge is -2.43. The number of thioether (sulfide) groups is 1. The molecule has 0 aliphatic carbocycles. The third-order valence-electron chi connectivity index (χ3n) is 5.17. The van der Waals surface area contributed by atoms with E-state index in [2.05, 4.69) is 0 Å². The number of ketones is 1. The maximum atomic E-state index is 12.5. The van der Waals surface area contributed by atoms with Crippen LogP contribution in [0.1, 0.15) is 38.5 Å². The largest absolute Gasteiger partial charge is 0.375 e. The van der Waals surface area contributed by atoms with Crippen molar-refractivity contribution in [2.45, 2.75) is 44.1 Å². The van der Waals surface area contributed by atoms with Crippen molar-refractivity contribution in [1.29, 1.82) is 0 Å². The van der Waals surface area contributed by atoms with Crippen molar-refractivity contribution in [3.8, 4) is 0 Å². The molecule has 3 aliphatic heterocycles. The Labute approximate surface area is 131 Å². The lowest BCUT2D eigenvalue weighted by Crippen LogP contribution is -2.44. The van der Waals surface area contributed by atoms with Crippen molar-refractivity contribution in [3.05, 3.63) is 0 Å². The van der Waals surface area contributed by atoms with Gasteiger partial charge in [-0.15, -0.1) is 0 Å². The molecule has 1 spiro atoms. The predicted molar refractivity (Wildman–Crippen MR) is 84.4 cm³/mol. The summed E-state index contributed by atoms with van der Waals surface area (Å²) in [6, 6.07) is 0. The fourth-order valence-electron chi connectivity index (χ4n) is 3.88. The van der Waals surface area contributed by atoms with Gasteiger partial charge in [0.05, 0.1) is 17.1 Å². The van der Waals surface area contributed by atoms with Crippen molar-refractivity contribution in [1.82, 2.24) is 0 Å². The highest BCUT2D eigenvalue weighted by Gasteiger charge is 2.41. The highest BCUT2D eigenvalue weighted by atomic mass is 32.2.